The zero-order valence-electron chi connectivity index (χ0n) is 26.7. The average molecular weight is 595 g/mol. The van der Waals surface area contributed by atoms with E-state index in [4.69, 9.17) is 0 Å². The Morgan fingerprint density at radius 2 is 1.18 bits per heavy atom. The van der Waals surface area contributed by atoms with Gasteiger partial charge in [-0.3, -0.25) is 19.8 Å². The second kappa shape index (κ2) is 13.6. The fraction of sp³-hybridized carbons (Fsp3) is 0.366. The van der Waals surface area contributed by atoms with E-state index < -0.39 is 0 Å². The molecule has 4 heteroatoms. The number of hydrogen-bond donors (Lipinski definition) is 0. The van der Waals surface area contributed by atoms with Gasteiger partial charge in [-0.15, -0.1) is 0 Å². The van der Waals surface area contributed by atoms with Crippen LogP contribution in [0.2, 0.25) is 0 Å². The van der Waals surface area contributed by atoms with Crippen LogP contribution in [-0.4, -0.2) is 58.0 Å². The molecular weight excluding hydrogens is 548 g/mol. The molecule has 4 aliphatic rings. The number of likely N-dealkylation sites (N-methyl/N-ethyl adjacent to an activating group) is 1. The summed E-state index contributed by atoms with van der Waals surface area (Å²) in [4.78, 5) is 14.0. The molecule has 6 unspecified atom stereocenters. The summed E-state index contributed by atoms with van der Waals surface area (Å²) in [6.07, 6.45) is 26.6. The maximum atomic E-state index is 4.41. The van der Waals surface area contributed by atoms with Crippen LogP contribution in [0.1, 0.15) is 56.1 Å². The van der Waals surface area contributed by atoms with Gasteiger partial charge in [0, 0.05) is 60.1 Å². The first-order valence-corrected chi connectivity index (χ1v) is 16.9. The van der Waals surface area contributed by atoms with Crippen molar-refractivity contribution in [3.05, 3.63) is 121 Å². The van der Waals surface area contributed by atoms with Gasteiger partial charge in [-0.25, -0.2) is 0 Å². The van der Waals surface area contributed by atoms with Gasteiger partial charge in [0.2, 0.25) is 0 Å². The zero-order chi connectivity index (χ0) is 30.6. The Hall–Kier alpha value is -3.86. The van der Waals surface area contributed by atoms with Crippen molar-refractivity contribution in [2.24, 2.45) is 11.8 Å². The number of likely N-dealkylation sites (tertiary alicyclic amines) is 2. The van der Waals surface area contributed by atoms with Gasteiger partial charge in [0.1, 0.15) is 0 Å². The number of nitrogens with zero attached hydrogens (tertiary/aromatic N) is 4. The van der Waals surface area contributed by atoms with Crippen LogP contribution in [0, 0.1) is 11.8 Å². The largest absolute Gasteiger partial charge is 0.300 e. The van der Waals surface area contributed by atoms with Crippen molar-refractivity contribution in [2.45, 2.75) is 69.1 Å². The lowest BCUT2D eigenvalue weighted by atomic mass is 9.96. The Balaban J connectivity index is 0.000000145. The Morgan fingerprint density at radius 3 is 1.73 bits per heavy atom. The number of hydrogen-bond acceptors (Lipinski definition) is 4. The van der Waals surface area contributed by atoms with Gasteiger partial charge in [-0.2, -0.15) is 0 Å². The smallest absolute Gasteiger partial charge is 0.0346 e. The summed E-state index contributed by atoms with van der Waals surface area (Å²) < 4.78 is 0. The molecular formula is C41H46N4. The third kappa shape index (κ3) is 6.73. The summed E-state index contributed by atoms with van der Waals surface area (Å²) in [5.41, 5.74) is 7.20. The van der Waals surface area contributed by atoms with Crippen LogP contribution >= 0.6 is 0 Å². The van der Waals surface area contributed by atoms with Crippen molar-refractivity contribution in [2.75, 3.05) is 14.1 Å². The fourth-order valence-electron chi connectivity index (χ4n) is 8.44. The summed E-state index contributed by atoms with van der Waals surface area (Å²) in [5, 5.41) is 0. The lowest BCUT2D eigenvalue weighted by molar-refractivity contribution is 0.177. The van der Waals surface area contributed by atoms with Crippen LogP contribution in [0.3, 0.4) is 0 Å². The highest BCUT2D eigenvalue weighted by atomic mass is 15.2. The molecule has 0 radical (unpaired) electrons. The molecule has 0 N–H and O–H groups in total. The molecule has 6 atom stereocenters. The van der Waals surface area contributed by atoms with Crippen molar-refractivity contribution >= 4 is 12.2 Å². The van der Waals surface area contributed by atoms with Crippen LogP contribution in [-0.2, 0) is 0 Å². The first kappa shape index (κ1) is 29.8. The summed E-state index contributed by atoms with van der Waals surface area (Å²) in [6, 6.07) is 28.4. The van der Waals surface area contributed by atoms with E-state index in [2.05, 4.69) is 119 Å². The van der Waals surface area contributed by atoms with Gasteiger partial charge in [-0.1, -0.05) is 85.0 Å². The van der Waals surface area contributed by atoms with E-state index in [1.54, 1.807) is 0 Å². The van der Waals surface area contributed by atoms with Crippen LogP contribution < -0.4 is 0 Å². The molecule has 230 valence electrons. The Kier molecular flexibility index (Phi) is 9.04. The highest BCUT2D eigenvalue weighted by Crippen LogP contribution is 2.43. The Morgan fingerprint density at radius 1 is 0.622 bits per heavy atom. The lowest BCUT2D eigenvalue weighted by Crippen LogP contribution is -2.37. The SMILES string of the molecule is CN1C2CCC(C2)C1C=Cc1cncc(-c2ccccc2)c1.CN1C2CCC(C2)C1CC=Cc1cncc(-c2ccccc2)c1. The quantitative estimate of drug-likeness (QED) is 0.214. The van der Waals surface area contributed by atoms with E-state index in [0.29, 0.717) is 6.04 Å². The van der Waals surface area contributed by atoms with E-state index in [1.165, 1.54) is 71.9 Å². The highest BCUT2D eigenvalue weighted by molar-refractivity contribution is 5.67. The van der Waals surface area contributed by atoms with Gasteiger partial charge >= 0.3 is 0 Å². The van der Waals surface area contributed by atoms with Crippen molar-refractivity contribution in [1.82, 2.24) is 19.8 Å². The molecule has 2 aliphatic heterocycles. The molecule has 2 aliphatic carbocycles. The van der Waals surface area contributed by atoms with E-state index >= 15 is 0 Å². The molecule has 4 bridgehead atoms. The number of pyridine rings is 2. The number of aromatic nitrogens is 2. The lowest BCUT2D eigenvalue weighted by Gasteiger charge is -2.31. The van der Waals surface area contributed by atoms with Gasteiger partial charge in [0.05, 0.1) is 0 Å². The first-order valence-electron chi connectivity index (χ1n) is 16.9. The summed E-state index contributed by atoms with van der Waals surface area (Å²) in [5.74, 6) is 1.78. The maximum absolute atomic E-state index is 4.41. The predicted octanol–water partition coefficient (Wildman–Crippen LogP) is 8.88. The van der Waals surface area contributed by atoms with Gasteiger partial charge in [0.15, 0.2) is 0 Å². The minimum absolute atomic E-state index is 0.610. The molecule has 2 saturated heterocycles. The number of benzene rings is 2. The standard InChI is InChI=1S/C21H24N2.C20H22N2/c1-23-20-11-10-18(13-20)21(23)9-5-6-16-12-19(15-22-14-16)17-7-3-2-4-8-17;1-22-19-9-8-17(12-19)20(22)10-7-15-11-18(14-21-13-15)16-5-3-2-4-6-16/h2-8,12,14-15,18,20-21H,9-11,13H2,1H3;2-7,10-11,13-14,17,19-20H,8-9,12H2,1H3. The molecule has 4 heterocycles. The number of piperidine rings is 2. The minimum Gasteiger partial charge on any atom is -0.300 e. The molecule has 4 fully saturated rings. The predicted molar refractivity (Wildman–Crippen MR) is 187 cm³/mol. The monoisotopic (exact) mass is 594 g/mol. The van der Waals surface area contributed by atoms with Crippen LogP contribution in [0.4, 0.5) is 0 Å². The second-order valence-corrected chi connectivity index (χ2v) is 13.6. The molecule has 4 nitrogen and oxygen atoms in total. The van der Waals surface area contributed by atoms with Crippen molar-refractivity contribution in [1.29, 1.82) is 0 Å². The molecule has 2 aromatic heterocycles. The zero-order valence-corrected chi connectivity index (χ0v) is 26.7. The van der Waals surface area contributed by atoms with Crippen molar-refractivity contribution in [3.63, 3.8) is 0 Å². The Labute approximate surface area is 269 Å². The van der Waals surface area contributed by atoms with E-state index in [-0.39, 0.29) is 0 Å². The van der Waals surface area contributed by atoms with E-state index in [9.17, 15) is 0 Å². The van der Waals surface area contributed by atoms with Crippen LogP contribution in [0.25, 0.3) is 34.4 Å². The third-order valence-corrected chi connectivity index (χ3v) is 11.0. The fourth-order valence-corrected chi connectivity index (χ4v) is 8.44. The number of rotatable bonds is 7. The molecule has 0 amide bonds. The average Bonchev–Trinajstić information content (AvgIpc) is 3.89. The molecule has 8 rings (SSSR count). The van der Waals surface area contributed by atoms with E-state index in [0.717, 1.165) is 36.4 Å². The Bertz CT molecular complexity index is 1610. The molecule has 45 heavy (non-hydrogen) atoms. The summed E-state index contributed by atoms with van der Waals surface area (Å²) >= 11 is 0. The third-order valence-electron chi connectivity index (χ3n) is 11.0. The van der Waals surface area contributed by atoms with Gasteiger partial charge in [-0.05, 0) is 105 Å². The molecule has 2 saturated carbocycles. The van der Waals surface area contributed by atoms with Crippen LogP contribution in [0.15, 0.2) is 110 Å². The van der Waals surface area contributed by atoms with E-state index in [1.807, 2.05) is 36.9 Å². The normalized spacial score (nSPS) is 27.4. The molecule has 4 aromatic rings. The second-order valence-electron chi connectivity index (χ2n) is 13.6. The first-order chi connectivity index (χ1) is 22.1. The number of fused-ring (bicyclic) bond motifs is 4. The summed E-state index contributed by atoms with van der Waals surface area (Å²) in [6.45, 7) is 0. The van der Waals surface area contributed by atoms with Gasteiger partial charge < -0.3 is 0 Å². The maximum Gasteiger partial charge on any atom is 0.0346 e. The van der Waals surface area contributed by atoms with Gasteiger partial charge in [0.25, 0.3) is 0 Å². The minimum atomic E-state index is 0.610. The molecule has 0 spiro atoms. The molecule has 2 aromatic carbocycles. The van der Waals surface area contributed by atoms with Crippen molar-refractivity contribution < 1.29 is 0 Å². The van der Waals surface area contributed by atoms with Crippen LogP contribution in [0.5, 0.6) is 0 Å². The highest BCUT2D eigenvalue weighted by Gasteiger charge is 2.43. The summed E-state index contributed by atoms with van der Waals surface area (Å²) in [7, 11) is 4.58. The van der Waals surface area contributed by atoms with Crippen molar-refractivity contribution in [3.8, 4) is 22.3 Å². The topological polar surface area (TPSA) is 32.3 Å².